The summed E-state index contributed by atoms with van der Waals surface area (Å²) in [4.78, 5) is 32.1. The number of aryl methyl sites for hydroxylation is 1. The predicted molar refractivity (Wildman–Crippen MR) is 107 cm³/mol. The van der Waals surface area contributed by atoms with E-state index in [9.17, 15) is 9.59 Å². The van der Waals surface area contributed by atoms with Gasteiger partial charge in [-0.1, -0.05) is 6.92 Å². The van der Waals surface area contributed by atoms with Crippen molar-refractivity contribution in [2.75, 3.05) is 20.2 Å². The first kappa shape index (κ1) is 20.2. The molecule has 0 bridgehead atoms. The number of hydrogen-bond acceptors (Lipinski definition) is 5. The van der Waals surface area contributed by atoms with Crippen LogP contribution in [0, 0.1) is 11.8 Å². The molecule has 1 aliphatic heterocycles. The smallest absolute Gasteiger partial charge is 0.410 e. The van der Waals surface area contributed by atoms with Crippen LogP contribution in [0.4, 0.5) is 4.79 Å². The van der Waals surface area contributed by atoms with Crippen molar-refractivity contribution in [1.29, 1.82) is 0 Å². The monoisotopic (exact) mass is 387 g/mol. The van der Waals surface area contributed by atoms with Crippen molar-refractivity contribution in [2.45, 2.75) is 39.7 Å². The molecule has 3 heterocycles. The van der Waals surface area contributed by atoms with Crippen LogP contribution < -0.4 is 4.74 Å². The van der Waals surface area contributed by atoms with E-state index < -0.39 is 5.60 Å². The van der Waals surface area contributed by atoms with Crippen LogP contribution in [-0.4, -0.2) is 52.1 Å². The molecule has 7 heteroatoms. The molecule has 0 N–H and O–H groups in total. The van der Waals surface area contributed by atoms with Crippen LogP contribution >= 0.6 is 0 Å². The largest absolute Gasteiger partial charge is 0.494 e. The number of nitrogens with zero attached hydrogens (tertiary/aromatic N) is 3. The fourth-order valence-electron chi connectivity index (χ4n) is 3.69. The molecule has 2 aromatic rings. The van der Waals surface area contributed by atoms with Gasteiger partial charge >= 0.3 is 6.09 Å². The Labute approximate surface area is 165 Å². The highest BCUT2D eigenvalue weighted by molar-refractivity contribution is 6.10. The van der Waals surface area contributed by atoms with Gasteiger partial charge in [0.1, 0.15) is 17.0 Å². The molecule has 0 radical (unpaired) electrons. The number of Topliss-reactive ketones (excluding diaryl/α,β-unsaturated/α-hetero) is 1. The summed E-state index contributed by atoms with van der Waals surface area (Å²) in [6.45, 7) is 8.52. The summed E-state index contributed by atoms with van der Waals surface area (Å²) in [7, 11) is 3.43. The first-order chi connectivity index (χ1) is 13.1. The number of likely N-dealkylation sites (tertiary alicyclic amines) is 1. The molecule has 152 valence electrons. The van der Waals surface area contributed by atoms with E-state index in [0.717, 1.165) is 17.5 Å². The summed E-state index contributed by atoms with van der Waals surface area (Å²) in [5, 5.41) is 0.772. The second-order valence-electron chi connectivity index (χ2n) is 8.53. The molecule has 0 spiro atoms. The minimum absolute atomic E-state index is 0.0174. The van der Waals surface area contributed by atoms with Gasteiger partial charge in [0.2, 0.25) is 0 Å². The SMILES string of the molecule is COc1cnc2c(ccn2C)c1C(=O)C1CN(C(=O)OC(C)(C)C)CC[C@@H]1C. The van der Waals surface area contributed by atoms with Crippen molar-refractivity contribution < 1.29 is 19.1 Å². The number of rotatable bonds is 3. The van der Waals surface area contributed by atoms with Crippen molar-refractivity contribution in [2.24, 2.45) is 18.9 Å². The van der Waals surface area contributed by atoms with E-state index in [1.165, 1.54) is 0 Å². The van der Waals surface area contributed by atoms with Gasteiger partial charge in [-0.25, -0.2) is 9.78 Å². The predicted octanol–water partition coefficient (Wildman–Crippen LogP) is 3.66. The number of aromatic nitrogens is 2. The number of carbonyl (C=O) groups excluding carboxylic acids is 2. The van der Waals surface area contributed by atoms with Gasteiger partial charge in [-0.3, -0.25) is 4.79 Å². The number of methoxy groups -OCH3 is 1. The van der Waals surface area contributed by atoms with Gasteiger partial charge in [-0.15, -0.1) is 0 Å². The van der Waals surface area contributed by atoms with E-state index in [-0.39, 0.29) is 23.7 Å². The maximum Gasteiger partial charge on any atom is 0.410 e. The molecule has 0 saturated carbocycles. The summed E-state index contributed by atoms with van der Waals surface area (Å²) >= 11 is 0. The molecule has 1 fully saturated rings. The first-order valence-corrected chi connectivity index (χ1v) is 9.62. The lowest BCUT2D eigenvalue weighted by atomic mass is 9.81. The fraction of sp³-hybridized carbons (Fsp3) is 0.571. The minimum atomic E-state index is -0.565. The number of pyridine rings is 1. The van der Waals surface area contributed by atoms with Gasteiger partial charge in [0.05, 0.1) is 18.9 Å². The lowest BCUT2D eigenvalue weighted by Gasteiger charge is -2.37. The maximum absolute atomic E-state index is 13.6. The zero-order valence-electron chi connectivity index (χ0n) is 17.5. The van der Waals surface area contributed by atoms with E-state index in [4.69, 9.17) is 9.47 Å². The number of ketones is 1. The van der Waals surface area contributed by atoms with Crippen molar-refractivity contribution in [3.8, 4) is 5.75 Å². The third-order valence-electron chi connectivity index (χ3n) is 5.27. The molecule has 2 atom stereocenters. The van der Waals surface area contributed by atoms with E-state index in [2.05, 4.69) is 11.9 Å². The zero-order valence-corrected chi connectivity index (χ0v) is 17.5. The lowest BCUT2D eigenvalue weighted by molar-refractivity contribution is 0.0124. The zero-order chi connectivity index (χ0) is 20.6. The number of piperidine rings is 1. The van der Waals surface area contributed by atoms with Gasteiger partial charge in [-0.2, -0.15) is 0 Å². The van der Waals surface area contributed by atoms with Gasteiger partial charge in [0, 0.05) is 37.6 Å². The van der Waals surface area contributed by atoms with Gasteiger partial charge in [-0.05, 0) is 39.2 Å². The number of amides is 1. The standard InChI is InChI=1S/C21H29N3O4/c1-13-7-10-24(20(26)28-21(2,3)4)12-15(13)18(25)17-14-8-9-23(5)19(14)22-11-16(17)27-6/h8-9,11,13,15H,7,10,12H2,1-6H3/t13-,15?/m0/s1. The van der Waals surface area contributed by atoms with E-state index >= 15 is 0 Å². The number of fused-ring (bicyclic) bond motifs is 1. The molecule has 0 aromatic carbocycles. The maximum atomic E-state index is 13.6. The van der Waals surface area contributed by atoms with Crippen LogP contribution in [0.5, 0.6) is 5.75 Å². The highest BCUT2D eigenvalue weighted by Crippen LogP contribution is 2.34. The summed E-state index contributed by atoms with van der Waals surface area (Å²) in [5.74, 6) is 0.283. The molecule has 0 aliphatic carbocycles. The minimum Gasteiger partial charge on any atom is -0.494 e. The average Bonchev–Trinajstić information content (AvgIpc) is 3.00. The van der Waals surface area contributed by atoms with Gasteiger partial charge < -0.3 is 18.9 Å². The molecule has 7 nitrogen and oxygen atoms in total. The Morgan fingerprint density at radius 1 is 1.29 bits per heavy atom. The quantitative estimate of drug-likeness (QED) is 0.752. The molecule has 28 heavy (non-hydrogen) atoms. The second kappa shape index (κ2) is 7.45. The Bertz CT molecular complexity index is 897. The third kappa shape index (κ3) is 3.84. The van der Waals surface area contributed by atoms with Crippen LogP contribution in [-0.2, 0) is 11.8 Å². The Morgan fingerprint density at radius 3 is 2.64 bits per heavy atom. The summed E-state index contributed by atoms with van der Waals surface area (Å²) in [5.41, 5.74) is 0.706. The molecule has 3 rings (SSSR count). The third-order valence-corrected chi connectivity index (χ3v) is 5.27. The van der Waals surface area contributed by atoms with E-state index in [0.29, 0.717) is 24.4 Å². The molecule has 1 unspecified atom stereocenters. The van der Waals surface area contributed by atoms with Crippen molar-refractivity contribution >= 4 is 22.9 Å². The van der Waals surface area contributed by atoms with Crippen LogP contribution in [0.3, 0.4) is 0 Å². The van der Waals surface area contributed by atoms with Crippen molar-refractivity contribution in [3.63, 3.8) is 0 Å². The number of hydrogen-bond donors (Lipinski definition) is 0. The Hall–Kier alpha value is -2.57. The lowest BCUT2D eigenvalue weighted by Crippen LogP contribution is -2.47. The average molecular weight is 387 g/mol. The normalized spacial score (nSPS) is 20.3. The van der Waals surface area contributed by atoms with Crippen LogP contribution in [0.1, 0.15) is 44.5 Å². The molecule has 1 saturated heterocycles. The summed E-state index contributed by atoms with van der Waals surface area (Å²) in [6, 6.07) is 1.89. The van der Waals surface area contributed by atoms with Crippen LogP contribution in [0.25, 0.3) is 11.0 Å². The van der Waals surface area contributed by atoms with Crippen LogP contribution in [0.15, 0.2) is 18.5 Å². The molecule has 1 aliphatic rings. The number of carbonyl (C=O) groups is 2. The molecular weight excluding hydrogens is 358 g/mol. The molecular formula is C21H29N3O4. The Kier molecular flexibility index (Phi) is 5.37. The molecule has 1 amide bonds. The topological polar surface area (TPSA) is 73.7 Å². The number of ether oxygens (including phenoxy) is 2. The second-order valence-corrected chi connectivity index (χ2v) is 8.53. The fourth-order valence-corrected chi connectivity index (χ4v) is 3.69. The highest BCUT2D eigenvalue weighted by Gasteiger charge is 2.37. The van der Waals surface area contributed by atoms with Crippen molar-refractivity contribution in [3.05, 3.63) is 24.0 Å². The molecule has 2 aromatic heterocycles. The first-order valence-electron chi connectivity index (χ1n) is 9.62. The van der Waals surface area contributed by atoms with E-state index in [1.54, 1.807) is 18.2 Å². The van der Waals surface area contributed by atoms with Gasteiger partial charge in [0.15, 0.2) is 5.78 Å². The Balaban J connectivity index is 1.93. The van der Waals surface area contributed by atoms with E-state index in [1.807, 2.05) is 44.6 Å². The summed E-state index contributed by atoms with van der Waals surface area (Å²) in [6.07, 6.45) is 3.85. The van der Waals surface area contributed by atoms with Crippen LogP contribution in [0.2, 0.25) is 0 Å². The Morgan fingerprint density at radius 2 is 2.00 bits per heavy atom. The van der Waals surface area contributed by atoms with Crippen molar-refractivity contribution in [1.82, 2.24) is 14.5 Å². The van der Waals surface area contributed by atoms with Gasteiger partial charge in [0.25, 0.3) is 0 Å². The highest BCUT2D eigenvalue weighted by atomic mass is 16.6. The summed E-state index contributed by atoms with van der Waals surface area (Å²) < 4.78 is 12.8.